The fourth-order valence-electron chi connectivity index (χ4n) is 4.70. The zero-order valence-electron chi connectivity index (χ0n) is 18.8. The highest BCUT2D eigenvalue weighted by Crippen LogP contribution is 2.44. The van der Waals surface area contributed by atoms with E-state index in [4.69, 9.17) is 9.47 Å². The summed E-state index contributed by atoms with van der Waals surface area (Å²) in [6.07, 6.45) is -0.980. The minimum atomic E-state index is -1.13. The van der Waals surface area contributed by atoms with Crippen molar-refractivity contribution in [3.8, 4) is 11.1 Å². The largest absolute Gasteiger partial charge is 0.480 e. The van der Waals surface area contributed by atoms with Gasteiger partial charge in [-0.15, -0.1) is 5.10 Å². The fraction of sp³-hybridized carbons (Fsp3) is 0.292. The number of nitrogens with one attached hydrogen (secondary N) is 2. The number of methoxy groups -OCH3 is 1. The van der Waals surface area contributed by atoms with Crippen LogP contribution >= 0.6 is 0 Å². The van der Waals surface area contributed by atoms with Crippen LogP contribution in [0.15, 0.2) is 48.5 Å². The maximum Gasteiger partial charge on any atom is 0.414 e. The van der Waals surface area contributed by atoms with E-state index >= 15 is 0 Å². The van der Waals surface area contributed by atoms with Crippen LogP contribution in [0.3, 0.4) is 0 Å². The third-order valence-electron chi connectivity index (χ3n) is 6.39. The summed E-state index contributed by atoms with van der Waals surface area (Å²) < 4.78 is 10.7. The molecule has 1 aliphatic heterocycles. The normalized spacial score (nSPS) is 18.7. The summed E-state index contributed by atoms with van der Waals surface area (Å²) in [5.74, 6) is -2.23. The number of aliphatic carboxylic acids is 1. The molecule has 0 saturated carbocycles. The lowest BCUT2D eigenvalue weighted by Crippen LogP contribution is -2.41. The Bertz CT molecular complexity index is 1250. The van der Waals surface area contributed by atoms with Gasteiger partial charge in [-0.3, -0.25) is 15.2 Å². The number of carboxylic acids is 1. The molecule has 35 heavy (non-hydrogen) atoms. The zero-order chi connectivity index (χ0) is 24.5. The molecule has 0 radical (unpaired) electrons. The molecule has 2 heterocycles. The first-order chi connectivity index (χ1) is 17.0. The van der Waals surface area contributed by atoms with Crippen LogP contribution in [0.2, 0.25) is 0 Å². The van der Waals surface area contributed by atoms with Crippen molar-refractivity contribution in [1.82, 2.24) is 20.1 Å². The monoisotopic (exact) mass is 477 g/mol. The molecule has 1 fully saturated rings. The summed E-state index contributed by atoms with van der Waals surface area (Å²) in [5, 5.41) is 18.1. The average Bonchev–Trinajstić information content (AvgIpc) is 3.58. The summed E-state index contributed by atoms with van der Waals surface area (Å²) in [6, 6.07) is 15.0. The van der Waals surface area contributed by atoms with Gasteiger partial charge < -0.3 is 19.5 Å². The first-order valence-electron chi connectivity index (χ1n) is 11.1. The van der Waals surface area contributed by atoms with Crippen LogP contribution in [0.4, 0.5) is 10.7 Å². The van der Waals surface area contributed by atoms with Crippen LogP contribution < -0.4 is 5.32 Å². The molecule has 1 saturated heterocycles. The third-order valence-corrected chi connectivity index (χ3v) is 6.39. The Morgan fingerprint density at radius 1 is 1.11 bits per heavy atom. The number of hydrogen-bond acceptors (Lipinski definition) is 7. The van der Waals surface area contributed by atoms with E-state index in [0.717, 1.165) is 27.2 Å². The molecular formula is C24H23N5O6. The summed E-state index contributed by atoms with van der Waals surface area (Å²) in [5.41, 5.74) is 4.40. The Balaban J connectivity index is 1.23. The van der Waals surface area contributed by atoms with Gasteiger partial charge in [-0.25, -0.2) is 9.59 Å². The summed E-state index contributed by atoms with van der Waals surface area (Å²) in [4.78, 5) is 41.9. The lowest BCUT2D eigenvalue weighted by Gasteiger charge is -2.19. The zero-order valence-corrected chi connectivity index (χ0v) is 18.8. The highest BCUT2D eigenvalue weighted by molar-refractivity contribution is 5.94. The van der Waals surface area contributed by atoms with Crippen LogP contribution in [0.1, 0.15) is 34.1 Å². The number of nitrogens with zero attached hydrogens (tertiary/aromatic N) is 3. The number of aromatic nitrogens is 3. The molecule has 5 rings (SSSR count). The van der Waals surface area contributed by atoms with Crippen LogP contribution in [0, 0.1) is 0 Å². The maximum absolute atomic E-state index is 12.8. The molecule has 2 aromatic carbocycles. The lowest BCUT2D eigenvalue weighted by molar-refractivity contribution is -0.141. The molecule has 2 aliphatic rings. The number of likely N-dealkylation sites (tertiary alicyclic amines) is 1. The van der Waals surface area contributed by atoms with Gasteiger partial charge in [-0.05, 0) is 22.3 Å². The number of aromatic amines is 1. The topological polar surface area (TPSA) is 147 Å². The van der Waals surface area contributed by atoms with Gasteiger partial charge in [0.1, 0.15) is 12.6 Å². The van der Waals surface area contributed by atoms with E-state index in [2.05, 4.69) is 20.5 Å². The van der Waals surface area contributed by atoms with Gasteiger partial charge in [0, 0.05) is 26.0 Å². The van der Waals surface area contributed by atoms with Crippen molar-refractivity contribution in [2.75, 3.05) is 25.6 Å². The van der Waals surface area contributed by atoms with Crippen molar-refractivity contribution >= 4 is 23.9 Å². The number of carbonyl (C=O) groups is 3. The number of hydrogen-bond donors (Lipinski definition) is 3. The predicted molar refractivity (Wildman–Crippen MR) is 123 cm³/mol. The second kappa shape index (κ2) is 9.18. The van der Waals surface area contributed by atoms with Crippen molar-refractivity contribution < 1.29 is 29.0 Å². The Labute approximate surface area is 200 Å². The highest BCUT2D eigenvalue weighted by Gasteiger charge is 2.41. The van der Waals surface area contributed by atoms with Gasteiger partial charge in [-0.1, -0.05) is 48.5 Å². The highest BCUT2D eigenvalue weighted by atomic mass is 16.5. The molecule has 1 aliphatic carbocycles. The minimum Gasteiger partial charge on any atom is -0.480 e. The first kappa shape index (κ1) is 22.5. The van der Waals surface area contributed by atoms with E-state index in [1.54, 1.807) is 0 Å². The number of ether oxygens (including phenoxy) is 2. The van der Waals surface area contributed by atoms with Crippen molar-refractivity contribution in [3.05, 3.63) is 65.5 Å². The number of amides is 2. The van der Waals surface area contributed by atoms with Crippen molar-refractivity contribution in [3.63, 3.8) is 0 Å². The lowest BCUT2D eigenvalue weighted by atomic mass is 9.98. The van der Waals surface area contributed by atoms with Crippen LogP contribution in [0.5, 0.6) is 0 Å². The van der Waals surface area contributed by atoms with Gasteiger partial charge in [-0.2, -0.15) is 4.98 Å². The number of anilines is 1. The van der Waals surface area contributed by atoms with E-state index in [0.29, 0.717) is 0 Å². The standard InChI is InChI=1S/C24H23N5O6/c1-34-13-10-19(22(31)32)29(11-13)21(30)20-25-23(28-27-20)26-24(33)35-12-18-16-8-4-2-6-14(16)15-7-3-5-9-17(15)18/h2-9,13,18-19H,10-12H2,1H3,(H,31,32)(H2,25,26,27,28,33). The molecule has 1 aromatic heterocycles. The van der Waals surface area contributed by atoms with Gasteiger partial charge in [0.05, 0.1) is 6.10 Å². The third kappa shape index (κ3) is 4.21. The number of H-pyrrole nitrogens is 1. The predicted octanol–water partition coefficient (Wildman–Crippen LogP) is 2.48. The maximum atomic E-state index is 12.8. The number of carboxylic acid groups (broad SMARTS) is 1. The molecular weight excluding hydrogens is 454 g/mol. The molecule has 3 N–H and O–H groups in total. The SMILES string of the molecule is COC1CC(C(=O)O)N(C(=O)c2nc(NC(=O)OCC3c4ccccc4-c4ccccc43)n[nH]2)C1. The number of rotatable bonds is 6. The summed E-state index contributed by atoms with van der Waals surface area (Å²) >= 11 is 0. The molecule has 2 atom stereocenters. The number of carbonyl (C=O) groups excluding carboxylic acids is 2. The molecule has 2 amide bonds. The average molecular weight is 477 g/mol. The molecule has 180 valence electrons. The molecule has 3 aromatic rings. The van der Waals surface area contributed by atoms with Crippen LogP contribution in [0.25, 0.3) is 11.1 Å². The first-order valence-corrected chi connectivity index (χ1v) is 11.1. The van der Waals surface area contributed by atoms with E-state index in [9.17, 15) is 19.5 Å². The van der Waals surface area contributed by atoms with Crippen molar-refractivity contribution in [2.45, 2.75) is 24.5 Å². The smallest absolute Gasteiger partial charge is 0.414 e. The Morgan fingerprint density at radius 3 is 2.40 bits per heavy atom. The van der Waals surface area contributed by atoms with E-state index in [1.807, 2.05) is 48.5 Å². The quantitative estimate of drug-likeness (QED) is 0.491. The van der Waals surface area contributed by atoms with E-state index in [1.165, 1.54) is 7.11 Å². The van der Waals surface area contributed by atoms with E-state index in [-0.39, 0.29) is 43.4 Å². The number of fused-ring (bicyclic) bond motifs is 3. The number of benzene rings is 2. The van der Waals surface area contributed by atoms with Crippen LogP contribution in [-0.2, 0) is 14.3 Å². The Hall–Kier alpha value is -4.25. The summed E-state index contributed by atoms with van der Waals surface area (Å²) in [6.45, 7) is 0.227. The fourth-order valence-corrected chi connectivity index (χ4v) is 4.70. The van der Waals surface area contributed by atoms with Gasteiger partial charge in [0.2, 0.25) is 5.82 Å². The van der Waals surface area contributed by atoms with E-state index < -0.39 is 24.0 Å². The molecule has 11 heteroatoms. The Morgan fingerprint density at radius 2 is 1.77 bits per heavy atom. The van der Waals surface area contributed by atoms with Gasteiger partial charge in [0.15, 0.2) is 0 Å². The van der Waals surface area contributed by atoms with Crippen molar-refractivity contribution in [2.24, 2.45) is 0 Å². The summed E-state index contributed by atoms with van der Waals surface area (Å²) in [7, 11) is 1.46. The Kier molecular flexibility index (Phi) is 5.91. The van der Waals surface area contributed by atoms with Crippen molar-refractivity contribution in [1.29, 1.82) is 0 Å². The molecule has 2 unspecified atom stereocenters. The molecule has 0 spiro atoms. The van der Waals surface area contributed by atoms with Crippen LogP contribution in [-0.4, -0.2) is 75.6 Å². The molecule has 11 nitrogen and oxygen atoms in total. The second-order valence-electron chi connectivity index (χ2n) is 8.36. The van der Waals surface area contributed by atoms with Gasteiger partial charge in [0.25, 0.3) is 11.9 Å². The van der Waals surface area contributed by atoms with Gasteiger partial charge >= 0.3 is 12.1 Å². The second-order valence-corrected chi connectivity index (χ2v) is 8.36. The molecule has 0 bridgehead atoms. The minimum absolute atomic E-state index is 0.103.